The van der Waals surface area contributed by atoms with Crippen molar-refractivity contribution in [3.63, 3.8) is 0 Å². The van der Waals surface area contributed by atoms with Gasteiger partial charge in [0.25, 0.3) is 0 Å². The van der Waals surface area contributed by atoms with Crippen molar-refractivity contribution in [2.75, 3.05) is 0 Å². The zero-order chi connectivity index (χ0) is 16.3. The van der Waals surface area contributed by atoms with E-state index in [1.54, 1.807) is 0 Å². The van der Waals surface area contributed by atoms with Gasteiger partial charge in [-0.15, -0.1) is 0 Å². The van der Waals surface area contributed by atoms with E-state index in [2.05, 4.69) is 6.92 Å². The van der Waals surface area contributed by atoms with E-state index in [-0.39, 0.29) is 0 Å². The summed E-state index contributed by atoms with van der Waals surface area (Å²) in [5.41, 5.74) is 3.81. The number of aryl methyl sites for hydroxylation is 2. The molecule has 4 heteroatoms. The third kappa shape index (κ3) is 3.49. The standard InChI is InChI=1S/C18H23O3P/c1-4-14-7-6-8-17(16(14)5-2)18(22(19,20)21)15-11-9-13(3)10-12-15/h6-12,18H,4-5H2,1-3H3,(H2,19,20,21). The van der Waals surface area contributed by atoms with Gasteiger partial charge in [-0.2, -0.15) is 0 Å². The Morgan fingerprint density at radius 3 is 2.14 bits per heavy atom. The molecular weight excluding hydrogens is 295 g/mol. The summed E-state index contributed by atoms with van der Waals surface area (Å²) in [6.45, 7) is 6.06. The first-order valence-electron chi connectivity index (χ1n) is 7.60. The molecule has 0 amide bonds. The lowest BCUT2D eigenvalue weighted by molar-refractivity contribution is 0.364. The average Bonchev–Trinajstić information content (AvgIpc) is 2.47. The second-order valence-electron chi connectivity index (χ2n) is 5.59. The molecule has 2 aromatic carbocycles. The largest absolute Gasteiger partial charge is 0.337 e. The minimum Gasteiger partial charge on any atom is -0.324 e. The van der Waals surface area contributed by atoms with Crippen molar-refractivity contribution in [3.8, 4) is 0 Å². The topological polar surface area (TPSA) is 57.5 Å². The zero-order valence-corrected chi connectivity index (χ0v) is 14.2. The van der Waals surface area contributed by atoms with Crippen LogP contribution in [0.15, 0.2) is 42.5 Å². The van der Waals surface area contributed by atoms with Gasteiger partial charge < -0.3 is 9.79 Å². The van der Waals surface area contributed by atoms with E-state index in [9.17, 15) is 14.4 Å². The molecule has 0 aliphatic carbocycles. The molecular formula is C18H23O3P. The van der Waals surface area contributed by atoms with Gasteiger partial charge >= 0.3 is 7.60 Å². The van der Waals surface area contributed by atoms with Crippen LogP contribution in [0.2, 0.25) is 0 Å². The maximum atomic E-state index is 12.2. The first kappa shape index (κ1) is 17.0. The van der Waals surface area contributed by atoms with Gasteiger partial charge in [-0.25, -0.2) is 0 Å². The van der Waals surface area contributed by atoms with Gasteiger partial charge in [-0.1, -0.05) is 61.9 Å². The molecule has 118 valence electrons. The van der Waals surface area contributed by atoms with Crippen LogP contribution in [0.25, 0.3) is 0 Å². The summed E-state index contributed by atoms with van der Waals surface area (Å²) in [6.07, 6.45) is 1.63. The van der Waals surface area contributed by atoms with E-state index in [4.69, 9.17) is 0 Å². The fourth-order valence-corrected chi connectivity index (χ4v) is 4.14. The molecule has 0 bridgehead atoms. The maximum absolute atomic E-state index is 12.2. The van der Waals surface area contributed by atoms with Crippen LogP contribution < -0.4 is 0 Å². The Kier molecular flexibility index (Phi) is 5.23. The molecule has 0 radical (unpaired) electrons. The Morgan fingerprint density at radius 2 is 1.64 bits per heavy atom. The Labute approximate surface area is 132 Å². The van der Waals surface area contributed by atoms with Crippen molar-refractivity contribution < 1.29 is 14.4 Å². The number of benzene rings is 2. The minimum atomic E-state index is -4.31. The molecule has 0 saturated heterocycles. The van der Waals surface area contributed by atoms with E-state index in [1.165, 1.54) is 0 Å². The smallest absolute Gasteiger partial charge is 0.324 e. The van der Waals surface area contributed by atoms with Crippen LogP contribution in [0.5, 0.6) is 0 Å². The highest BCUT2D eigenvalue weighted by atomic mass is 31.2. The van der Waals surface area contributed by atoms with Crippen LogP contribution >= 0.6 is 7.60 Å². The third-order valence-corrected chi connectivity index (χ3v) is 5.32. The number of hydrogen-bond acceptors (Lipinski definition) is 1. The second kappa shape index (κ2) is 6.78. The summed E-state index contributed by atoms with van der Waals surface area (Å²) in [7, 11) is -4.31. The molecule has 0 aromatic heterocycles. The molecule has 0 spiro atoms. The number of hydrogen-bond donors (Lipinski definition) is 2. The lowest BCUT2D eigenvalue weighted by atomic mass is 9.92. The highest BCUT2D eigenvalue weighted by Crippen LogP contribution is 2.56. The average molecular weight is 318 g/mol. The molecule has 22 heavy (non-hydrogen) atoms. The van der Waals surface area contributed by atoms with E-state index >= 15 is 0 Å². The molecule has 0 heterocycles. The lowest BCUT2D eigenvalue weighted by Gasteiger charge is -2.23. The third-order valence-electron chi connectivity index (χ3n) is 4.07. The van der Waals surface area contributed by atoms with Crippen molar-refractivity contribution in [2.24, 2.45) is 0 Å². The van der Waals surface area contributed by atoms with Crippen LogP contribution in [0, 0.1) is 6.92 Å². The maximum Gasteiger partial charge on any atom is 0.337 e. The Bertz CT molecular complexity index is 686. The quantitative estimate of drug-likeness (QED) is 0.804. The van der Waals surface area contributed by atoms with Crippen molar-refractivity contribution in [2.45, 2.75) is 39.3 Å². The Hall–Kier alpha value is -1.41. The van der Waals surface area contributed by atoms with E-state index < -0.39 is 13.3 Å². The second-order valence-corrected chi connectivity index (χ2v) is 7.29. The molecule has 2 aromatic rings. The molecule has 1 atom stereocenters. The van der Waals surface area contributed by atoms with Crippen LogP contribution in [0.3, 0.4) is 0 Å². The summed E-state index contributed by atoms with van der Waals surface area (Å²) in [5, 5.41) is 0. The van der Waals surface area contributed by atoms with Gasteiger partial charge in [0, 0.05) is 0 Å². The molecule has 1 unspecified atom stereocenters. The monoisotopic (exact) mass is 318 g/mol. The van der Waals surface area contributed by atoms with Gasteiger partial charge in [0.05, 0.1) is 0 Å². The van der Waals surface area contributed by atoms with Gasteiger partial charge in [-0.3, -0.25) is 4.57 Å². The lowest BCUT2D eigenvalue weighted by Crippen LogP contribution is -2.07. The van der Waals surface area contributed by atoms with E-state index in [0.29, 0.717) is 5.56 Å². The summed E-state index contributed by atoms with van der Waals surface area (Å²) in [4.78, 5) is 19.9. The molecule has 0 saturated carbocycles. The predicted molar refractivity (Wildman–Crippen MR) is 90.3 cm³/mol. The van der Waals surface area contributed by atoms with Gasteiger partial charge in [0.15, 0.2) is 0 Å². The van der Waals surface area contributed by atoms with Crippen LogP contribution in [0.4, 0.5) is 0 Å². The zero-order valence-electron chi connectivity index (χ0n) is 13.3. The predicted octanol–water partition coefficient (Wildman–Crippen LogP) is 4.39. The highest BCUT2D eigenvalue weighted by molar-refractivity contribution is 7.52. The van der Waals surface area contributed by atoms with Gasteiger partial charge in [-0.05, 0) is 42.0 Å². The van der Waals surface area contributed by atoms with Crippen LogP contribution in [-0.4, -0.2) is 9.79 Å². The van der Waals surface area contributed by atoms with E-state index in [0.717, 1.165) is 35.1 Å². The van der Waals surface area contributed by atoms with Crippen LogP contribution in [-0.2, 0) is 17.4 Å². The Morgan fingerprint density at radius 1 is 1.00 bits per heavy atom. The minimum absolute atomic E-state index is 0.668. The van der Waals surface area contributed by atoms with Crippen LogP contribution in [0.1, 0.15) is 47.3 Å². The summed E-state index contributed by atoms with van der Waals surface area (Å²) < 4.78 is 12.2. The first-order valence-corrected chi connectivity index (χ1v) is 9.29. The molecule has 3 nitrogen and oxygen atoms in total. The van der Waals surface area contributed by atoms with Gasteiger partial charge in [0.2, 0.25) is 0 Å². The summed E-state index contributed by atoms with van der Waals surface area (Å²) in [5.74, 6) is 0. The summed E-state index contributed by atoms with van der Waals surface area (Å²) >= 11 is 0. The normalized spacial score (nSPS) is 13.1. The highest BCUT2D eigenvalue weighted by Gasteiger charge is 2.33. The van der Waals surface area contributed by atoms with Gasteiger partial charge in [0.1, 0.15) is 5.66 Å². The molecule has 0 aliphatic heterocycles. The Balaban J connectivity index is 2.66. The molecule has 0 fully saturated rings. The summed E-state index contributed by atoms with van der Waals surface area (Å²) in [6, 6.07) is 13.2. The molecule has 2 rings (SSSR count). The van der Waals surface area contributed by atoms with Crippen molar-refractivity contribution >= 4 is 7.60 Å². The fraction of sp³-hybridized carbons (Fsp3) is 0.333. The first-order chi connectivity index (χ1) is 10.4. The SMILES string of the molecule is CCc1cccc(C(c2ccc(C)cc2)P(=O)(O)O)c1CC. The molecule has 0 aliphatic rings. The van der Waals surface area contributed by atoms with Crippen molar-refractivity contribution in [1.82, 2.24) is 0 Å². The van der Waals surface area contributed by atoms with E-state index in [1.807, 2.05) is 56.3 Å². The van der Waals surface area contributed by atoms with Crippen molar-refractivity contribution in [3.05, 3.63) is 70.3 Å². The fourth-order valence-electron chi connectivity index (χ4n) is 2.98. The molecule has 2 N–H and O–H groups in total. The van der Waals surface area contributed by atoms with Crippen molar-refractivity contribution in [1.29, 1.82) is 0 Å². The number of rotatable bonds is 5.